The van der Waals surface area contributed by atoms with E-state index in [4.69, 9.17) is 0 Å². The lowest BCUT2D eigenvalue weighted by molar-refractivity contribution is -0.118. The van der Waals surface area contributed by atoms with Gasteiger partial charge in [0.05, 0.1) is 0 Å². The van der Waals surface area contributed by atoms with Crippen LogP contribution in [0.5, 0.6) is 0 Å². The third-order valence-corrected chi connectivity index (χ3v) is 2.85. The molecule has 0 aromatic heterocycles. The van der Waals surface area contributed by atoms with Gasteiger partial charge in [0.25, 0.3) is 0 Å². The minimum atomic E-state index is -0.125. The van der Waals surface area contributed by atoms with Crippen molar-refractivity contribution in [3.8, 4) is 0 Å². The van der Waals surface area contributed by atoms with Gasteiger partial charge in [-0.25, -0.2) is 0 Å². The zero-order chi connectivity index (χ0) is 10.8. The van der Waals surface area contributed by atoms with Crippen LogP contribution in [0, 0.1) is 6.92 Å². The standard InChI is InChI=1S/C13H14O2/c1-9-5-2-3-6-10(9)11-7-4-8-12(14)13(11)15/h2-3,5-6,15H,4,7-8H2,1H3. The lowest BCUT2D eigenvalue weighted by Crippen LogP contribution is -2.11. The molecule has 1 aromatic rings. The van der Waals surface area contributed by atoms with Crippen molar-refractivity contribution >= 4 is 11.4 Å². The number of hydrogen-bond donors (Lipinski definition) is 1. The van der Waals surface area contributed by atoms with Crippen LogP contribution in [0.4, 0.5) is 0 Å². The van der Waals surface area contributed by atoms with Crippen LogP contribution in [-0.2, 0) is 4.79 Å². The van der Waals surface area contributed by atoms with Crippen LogP contribution >= 0.6 is 0 Å². The van der Waals surface area contributed by atoms with Crippen LogP contribution in [0.15, 0.2) is 30.0 Å². The zero-order valence-electron chi connectivity index (χ0n) is 8.79. The third kappa shape index (κ3) is 1.80. The van der Waals surface area contributed by atoms with Crippen molar-refractivity contribution in [2.45, 2.75) is 26.2 Å². The molecule has 0 amide bonds. The molecular weight excluding hydrogens is 188 g/mol. The quantitative estimate of drug-likeness (QED) is 0.760. The van der Waals surface area contributed by atoms with Crippen LogP contribution in [0.2, 0.25) is 0 Å². The number of carbonyl (C=O) groups excluding carboxylic acids is 1. The number of ketones is 1. The fourth-order valence-corrected chi connectivity index (χ4v) is 2.00. The minimum Gasteiger partial charge on any atom is -0.504 e. The SMILES string of the molecule is Cc1ccccc1C1=C(O)C(=O)CCC1. The van der Waals surface area contributed by atoms with Crippen molar-refractivity contribution in [3.63, 3.8) is 0 Å². The highest BCUT2D eigenvalue weighted by atomic mass is 16.3. The molecular formula is C13H14O2. The zero-order valence-corrected chi connectivity index (χ0v) is 8.79. The smallest absolute Gasteiger partial charge is 0.197 e. The molecule has 2 heteroatoms. The van der Waals surface area contributed by atoms with Crippen molar-refractivity contribution in [1.29, 1.82) is 0 Å². The Bertz CT molecular complexity index is 430. The predicted molar refractivity (Wildman–Crippen MR) is 59.6 cm³/mol. The van der Waals surface area contributed by atoms with E-state index in [0.717, 1.165) is 29.5 Å². The Labute approximate surface area is 89.2 Å². The maximum Gasteiger partial charge on any atom is 0.197 e. The summed E-state index contributed by atoms with van der Waals surface area (Å²) in [4.78, 5) is 11.4. The summed E-state index contributed by atoms with van der Waals surface area (Å²) in [5.74, 6) is -0.157. The number of aryl methyl sites for hydroxylation is 1. The largest absolute Gasteiger partial charge is 0.504 e. The molecule has 1 aliphatic rings. The van der Waals surface area contributed by atoms with Gasteiger partial charge < -0.3 is 5.11 Å². The maximum atomic E-state index is 11.4. The number of Topliss-reactive ketones (excluding diaryl/α,β-unsaturated/α-hetero) is 1. The lowest BCUT2D eigenvalue weighted by Gasteiger charge is -2.16. The van der Waals surface area contributed by atoms with Crippen LogP contribution in [0.3, 0.4) is 0 Å². The predicted octanol–water partition coefficient (Wildman–Crippen LogP) is 3.02. The van der Waals surface area contributed by atoms with Crippen molar-refractivity contribution in [2.24, 2.45) is 0 Å². The first-order chi connectivity index (χ1) is 7.20. The Balaban J connectivity index is 2.51. The van der Waals surface area contributed by atoms with Crippen molar-refractivity contribution < 1.29 is 9.90 Å². The van der Waals surface area contributed by atoms with Crippen molar-refractivity contribution in [3.05, 3.63) is 41.2 Å². The normalized spacial score (nSPS) is 17.0. The van der Waals surface area contributed by atoms with Gasteiger partial charge in [0.2, 0.25) is 0 Å². The van der Waals surface area contributed by atoms with E-state index in [9.17, 15) is 9.90 Å². The molecule has 0 bridgehead atoms. The molecule has 0 atom stereocenters. The van der Waals surface area contributed by atoms with Gasteiger partial charge in [0.15, 0.2) is 11.5 Å². The number of benzene rings is 1. The van der Waals surface area contributed by atoms with Gasteiger partial charge in [-0.1, -0.05) is 24.3 Å². The lowest BCUT2D eigenvalue weighted by atomic mass is 9.89. The van der Waals surface area contributed by atoms with E-state index in [0.29, 0.717) is 6.42 Å². The first-order valence-electron chi connectivity index (χ1n) is 5.21. The first kappa shape index (κ1) is 9.97. The topological polar surface area (TPSA) is 37.3 Å². The van der Waals surface area contributed by atoms with Gasteiger partial charge in [0.1, 0.15) is 0 Å². The van der Waals surface area contributed by atoms with Gasteiger partial charge in [-0.2, -0.15) is 0 Å². The van der Waals surface area contributed by atoms with E-state index in [-0.39, 0.29) is 11.5 Å². The number of rotatable bonds is 1. The van der Waals surface area contributed by atoms with Crippen LogP contribution < -0.4 is 0 Å². The second-order valence-corrected chi connectivity index (χ2v) is 3.92. The molecule has 0 heterocycles. The van der Waals surface area contributed by atoms with Crippen molar-refractivity contribution in [1.82, 2.24) is 0 Å². The Morgan fingerprint density at radius 1 is 1.20 bits per heavy atom. The van der Waals surface area contributed by atoms with Gasteiger partial charge >= 0.3 is 0 Å². The molecule has 2 nitrogen and oxygen atoms in total. The molecule has 0 saturated heterocycles. The summed E-state index contributed by atoms with van der Waals surface area (Å²) in [5.41, 5.74) is 2.92. The number of aliphatic hydroxyl groups is 1. The highest BCUT2D eigenvalue weighted by molar-refractivity contribution is 6.02. The monoisotopic (exact) mass is 202 g/mol. The fourth-order valence-electron chi connectivity index (χ4n) is 2.00. The summed E-state index contributed by atoms with van der Waals surface area (Å²) in [6.07, 6.45) is 2.11. The highest BCUT2D eigenvalue weighted by Gasteiger charge is 2.21. The molecule has 0 spiro atoms. The second kappa shape index (κ2) is 3.89. The van der Waals surface area contributed by atoms with Crippen LogP contribution in [-0.4, -0.2) is 10.9 Å². The number of hydrogen-bond acceptors (Lipinski definition) is 2. The van der Waals surface area contributed by atoms with E-state index in [2.05, 4.69) is 0 Å². The maximum absolute atomic E-state index is 11.4. The average Bonchev–Trinajstić information content (AvgIpc) is 2.23. The summed E-state index contributed by atoms with van der Waals surface area (Å²) in [6, 6.07) is 7.84. The molecule has 0 radical (unpaired) electrons. The molecule has 1 aliphatic carbocycles. The number of carbonyl (C=O) groups is 1. The minimum absolute atomic E-state index is 0.0319. The molecule has 1 N–H and O–H groups in total. The summed E-state index contributed by atoms with van der Waals surface area (Å²) in [7, 11) is 0. The number of aliphatic hydroxyl groups excluding tert-OH is 1. The van der Waals surface area contributed by atoms with Gasteiger partial charge in [0, 0.05) is 12.0 Å². The summed E-state index contributed by atoms with van der Waals surface area (Å²) in [6.45, 7) is 1.99. The van der Waals surface area contributed by atoms with Crippen LogP contribution in [0.25, 0.3) is 5.57 Å². The van der Waals surface area contributed by atoms with E-state index >= 15 is 0 Å². The summed E-state index contributed by atoms with van der Waals surface area (Å²) < 4.78 is 0. The molecule has 0 saturated carbocycles. The average molecular weight is 202 g/mol. The van der Waals surface area contributed by atoms with Gasteiger partial charge in [-0.05, 0) is 30.9 Å². The second-order valence-electron chi connectivity index (χ2n) is 3.92. The molecule has 78 valence electrons. The molecule has 2 rings (SSSR count). The fraction of sp³-hybridized carbons (Fsp3) is 0.308. The molecule has 1 aromatic carbocycles. The first-order valence-corrected chi connectivity index (χ1v) is 5.21. The van der Waals surface area contributed by atoms with E-state index in [1.165, 1.54) is 0 Å². The summed E-state index contributed by atoms with van der Waals surface area (Å²) in [5, 5.41) is 9.75. The molecule has 0 aliphatic heterocycles. The van der Waals surface area contributed by atoms with Gasteiger partial charge in [-0.15, -0.1) is 0 Å². The van der Waals surface area contributed by atoms with E-state index in [1.54, 1.807) is 0 Å². The highest BCUT2D eigenvalue weighted by Crippen LogP contribution is 2.30. The van der Waals surface area contributed by atoms with Crippen LogP contribution in [0.1, 0.15) is 30.4 Å². The Hall–Kier alpha value is -1.57. The van der Waals surface area contributed by atoms with E-state index in [1.807, 2.05) is 31.2 Å². The molecule has 15 heavy (non-hydrogen) atoms. The Kier molecular flexibility index (Phi) is 2.58. The Morgan fingerprint density at radius 3 is 2.67 bits per heavy atom. The molecule has 0 fully saturated rings. The number of allylic oxidation sites excluding steroid dienone is 2. The summed E-state index contributed by atoms with van der Waals surface area (Å²) >= 11 is 0. The Morgan fingerprint density at radius 2 is 1.93 bits per heavy atom. The third-order valence-electron chi connectivity index (χ3n) is 2.85. The van der Waals surface area contributed by atoms with Gasteiger partial charge in [-0.3, -0.25) is 4.79 Å². The molecule has 0 unspecified atom stereocenters. The van der Waals surface area contributed by atoms with E-state index < -0.39 is 0 Å². The van der Waals surface area contributed by atoms with Crippen molar-refractivity contribution in [2.75, 3.05) is 0 Å².